The number of rotatable bonds is 5. The van der Waals surface area contributed by atoms with Crippen LogP contribution in [0.1, 0.15) is 36.0 Å². The van der Waals surface area contributed by atoms with Crippen LogP contribution in [0, 0.1) is 15.3 Å². The molecule has 24 heavy (non-hydrogen) atoms. The Morgan fingerprint density at radius 2 is 1.75 bits per heavy atom. The summed E-state index contributed by atoms with van der Waals surface area (Å²) < 4.78 is 13.7. The van der Waals surface area contributed by atoms with Crippen LogP contribution in [0.2, 0.25) is 0 Å². The minimum absolute atomic E-state index is 0.230. The van der Waals surface area contributed by atoms with Gasteiger partial charge in [-0.1, -0.05) is 12.8 Å². The molecule has 1 fully saturated rings. The van der Waals surface area contributed by atoms with Gasteiger partial charge in [-0.15, -0.1) is 0 Å². The van der Waals surface area contributed by atoms with Gasteiger partial charge < -0.3 is 10.6 Å². The van der Waals surface area contributed by atoms with Crippen LogP contribution in [0.3, 0.4) is 0 Å². The van der Waals surface area contributed by atoms with E-state index in [0.717, 1.165) is 23.8 Å². The molecule has 5 heteroatoms. The first-order valence-electron chi connectivity index (χ1n) is 8.22. The van der Waals surface area contributed by atoms with Gasteiger partial charge in [0.25, 0.3) is 5.91 Å². The molecule has 2 N–H and O–H groups in total. The third-order valence-corrected chi connectivity index (χ3v) is 5.28. The lowest BCUT2D eigenvalue weighted by atomic mass is 10.1. The van der Waals surface area contributed by atoms with Crippen LogP contribution in [0.5, 0.6) is 0 Å². The molecule has 0 radical (unpaired) electrons. The van der Waals surface area contributed by atoms with Gasteiger partial charge in [0.2, 0.25) is 0 Å². The predicted molar refractivity (Wildman–Crippen MR) is 104 cm³/mol. The maximum absolute atomic E-state index is 13.1. The Kier molecular flexibility index (Phi) is 5.71. The summed E-state index contributed by atoms with van der Waals surface area (Å²) in [5, 5.41) is 6.31. The molecule has 1 aliphatic carbocycles. The molecule has 126 valence electrons. The average molecular weight is 438 g/mol. The second-order valence-corrected chi connectivity index (χ2v) is 7.35. The van der Waals surface area contributed by atoms with E-state index >= 15 is 0 Å². The van der Waals surface area contributed by atoms with Crippen LogP contribution in [0.25, 0.3) is 0 Å². The van der Waals surface area contributed by atoms with Crippen molar-refractivity contribution in [1.82, 2.24) is 0 Å². The summed E-state index contributed by atoms with van der Waals surface area (Å²) in [6.07, 6.45) is 5.33. The number of hydrogen-bond donors (Lipinski definition) is 2. The van der Waals surface area contributed by atoms with E-state index in [1.54, 1.807) is 0 Å². The monoisotopic (exact) mass is 438 g/mol. The highest BCUT2D eigenvalue weighted by Crippen LogP contribution is 2.25. The number of carbonyl (C=O) groups is 1. The second kappa shape index (κ2) is 7.96. The number of anilines is 2. The van der Waals surface area contributed by atoms with Gasteiger partial charge in [0.1, 0.15) is 5.82 Å². The zero-order chi connectivity index (χ0) is 16.9. The van der Waals surface area contributed by atoms with Crippen molar-refractivity contribution >= 4 is 39.9 Å². The van der Waals surface area contributed by atoms with Gasteiger partial charge in [0.15, 0.2) is 0 Å². The highest BCUT2D eigenvalue weighted by atomic mass is 127. The largest absolute Gasteiger partial charge is 0.385 e. The fourth-order valence-electron chi connectivity index (χ4n) is 3.02. The van der Waals surface area contributed by atoms with E-state index in [9.17, 15) is 9.18 Å². The average Bonchev–Trinajstić information content (AvgIpc) is 3.07. The molecule has 3 rings (SSSR count). The molecule has 0 bridgehead atoms. The number of carbonyl (C=O) groups excluding carboxylic acids is 1. The number of benzene rings is 2. The fourth-order valence-corrected chi connectivity index (χ4v) is 3.74. The SMILES string of the molecule is O=C(Nc1ccc(NCC2CCCC2)cc1)c1ccc(F)cc1I. The summed E-state index contributed by atoms with van der Waals surface area (Å²) in [4.78, 5) is 12.3. The maximum atomic E-state index is 13.1. The summed E-state index contributed by atoms with van der Waals surface area (Å²) in [6, 6.07) is 11.9. The van der Waals surface area contributed by atoms with Crippen molar-refractivity contribution in [1.29, 1.82) is 0 Å². The standard InChI is InChI=1S/C19H20FIN2O/c20-14-5-10-17(18(21)11-14)19(24)23-16-8-6-15(7-9-16)22-12-13-3-1-2-4-13/h5-11,13,22H,1-4,12H2,(H,23,24). The van der Waals surface area contributed by atoms with Crippen molar-refractivity contribution in [2.75, 3.05) is 17.2 Å². The third-order valence-electron chi connectivity index (χ3n) is 4.39. The zero-order valence-corrected chi connectivity index (χ0v) is 15.5. The Hall–Kier alpha value is -1.63. The molecule has 2 aromatic carbocycles. The van der Waals surface area contributed by atoms with E-state index in [1.165, 1.54) is 43.9 Å². The highest BCUT2D eigenvalue weighted by molar-refractivity contribution is 14.1. The van der Waals surface area contributed by atoms with Crippen molar-refractivity contribution in [3.8, 4) is 0 Å². The summed E-state index contributed by atoms with van der Waals surface area (Å²) in [7, 11) is 0. The molecule has 1 amide bonds. The van der Waals surface area contributed by atoms with Crippen molar-refractivity contribution in [2.45, 2.75) is 25.7 Å². The Labute approximate surface area is 155 Å². The normalized spacial score (nSPS) is 14.6. The summed E-state index contributed by atoms with van der Waals surface area (Å²) in [5.41, 5.74) is 2.27. The molecule has 1 aliphatic rings. The molecule has 0 atom stereocenters. The van der Waals surface area contributed by atoms with Gasteiger partial charge >= 0.3 is 0 Å². The van der Waals surface area contributed by atoms with E-state index in [-0.39, 0.29) is 11.7 Å². The maximum Gasteiger partial charge on any atom is 0.256 e. The first-order valence-corrected chi connectivity index (χ1v) is 9.30. The molecule has 2 aromatic rings. The van der Waals surface area contributed by atoms with Gasteiger partial charge in [0, 0.05) is 21.5 Å². The predicted octanol–water partition coefficient (Wildman–Crippen LogP) is 5.28. The minimum atomic E-state index is -0.339. The lowest BCUT2D eigenvalue weighted by Crippen LogP contribution is -2.14. The van der Waals surface area contributed by atoms with Gasteiger partial charge in [-0.2, -0.15) is 0 Å². The molecule has 0 aromatic heterocycles. The van der Waals surface area contributed by atoms with Crippen LogP contribution < -0.4 is 10.6 Å². The molecule has 0 aliphatic heterocycles. The minimum Gasteiger partial charge on any atom is -0.385 e. The smallest absolute Gasteiger partial charge is 0.256 e. The molecule has 0 spiro atoms. The summed E-state index contributed by atoms with van der Waals surface area (Å²) in [5.74, 6) is 0.213. The Balaban J connectivity index is 1.58. The van der Waals surface area contributed by atoms with Gasteiger partial charge in [-0.3, -0.25) is 4.79 Å². The van der Waals surface area contributed by atoms with Crippen LogP contribution in [0.15, 0.2) is 42.5 Å². The second-order valence-electron chi connectivity index (χ2n) is 6.19. The molecule has 0 unspecified atom stereocenters. The Bertz CT molecular complexity index is 712. The number of hydrogen-bond acceptors (Lipinski definition) is 2. The van der Waals surface area contributed by atoms with Crippen LogP contribution >= 0.6 is 22.6 Å². The molecule has 0 heterocycles. The number of halogens is 2. The van der Waals surface area contributed by atoms with Crippen molar-refractivity contribution in [3.63, 3.8) is 0 Å². The van der Waals surface area contributed by atoms with Crippen LogP contribution in [-0.2, 0) is 0 Å². The zero-order valence-electron chi connectivity index (χ0n) is 13.3. The summed E-state index contributed by atoms with van der Waals surface area (Å²) >= 11 is 1.97. The van der Waals surface area contributed by atoms with Crippen molar-refractivity contribution in [2.24, 2.45) is 5.92 Å². The van der Waals surface area contributed by atoms with Gasteiger partial charge in [-0.05, 0) is 83.8 Å². The highest BCUT2D eigenvalue weighted by Gasteiger charge is 2.14. The van der Waals surface area contributed by atoms with Gasteiger partial charge in [0.05, 0.1) is 5.56 Å². The lowest BCUT2D eigenvalue weighted by Gasteiger charge is -2.12. The van der Waals surface area contributed by atoms with Crippen molar-refractivity contribution < 1.29 is 9.18 Å². The molecular formula is C19H20FIN2O. The molecule has 0 saturated heterocycles. The van der Waals surface area contributed by atoms with E-state index in [4.69, 9.17) is 0 Å². The van der Waals surface area contributed by atoms with Crippen LogP contribution in [-0.4, -0.2) is 12.5 Å². The van der Waals surface area contributed by atoms with E-state index < -0.39 is 0 Å². The first-order chi connectivity index (χ1) is 11.6. The molecular weight excluding hydrogens is 418 g/mol. The Morgan fingerprint density at radius 3 is 2.42 bits per heavy atom. The van der Waals surface area contributed by atoms with E-state index in [2.05, 4.69) is 10.6 Å². The first kappa shape index (κ1) is 17.2. The van der Waals surface area contributed by atoms with Crippen molar-refractivity contribution in [3.05, 3.63) is 57.4 Å². The Morgan fingerprint density at radius 1 is 1.08 bits per heavy atom. The van der Waals surface area contributed by atoms with Gasteiger partial charge in [-0.25, -0.2) is 4.39 Å². The fraction of sp³-hybridized carbons (Fsp3) is 0.316. The lowest BCUT2D eigenvalue weighted by molar-refractivity contribution is 0.102. The number of amides is 1. The third kappa shape index (κ3) is 4.47. The molecule has 1 saturated carbocycles. The topological polar surface area (TPSA) is 41.1 Å². The van der Waals surface area contributed by atoms with E-state index in [1.807, 2.05) is 46.9 Å². The van der Waals surface area contributed by atoms with E-state index in [0.29, 0.717) is 9.13 Å². The quantitative estimate of drug-likeness (QED) is 0.624. The van der Waals surface area contributed by atoms with Crippen LogP contribution in [0.4, 0.5) is 15.8 Å². The summed E-state index contributed by atoms with van der Waals surface area (Å²) in [6.45, 7) is 1.01. The number of nitrogens with one attached hydrogen (secondary N) is 2. The molecule has 3 nitrogen and oxygen atoms in total.